The van der Waals surface area contributed by atoms with Gasteiger partial charge in [0.25, 0.3) is 5.91 Å². The highest BCUT2D eigenvalue weighted by atomic mass is 32.2. The van der Waals surface area contributed by atoms with E-state index >= 15 is 0 Å². The number of carbonyl (C=O) groups excluding carboxylic acids is 2. The van der Waals surface area contributed by atoms with E-state index in [4.69, 9.17) is 0 Å². The Kier molecular flexibility index (Phi) is 5.77. The third kappa shape index (κ3) is 4.04. The summed E-state index contributed by atoms with van der Waals surface area (Å²) in [6, 6.07) is 22.7. The molecule has 3 amide bonds. The van der Waals surface area contributed by atoms with E-state index in [2.05, 4.69) is 10.6 Å². The normalized spacial score (nSPS) is 13.7. The molecule has 6 heteroatoms. The number of anilines is 2. The Morgan fingerprint density at radius 1 is 1.00 bits per heavy atom. The molecule has 3 aromatic rings. The first-order valence-electron chi connectivity index (χ1n) is 9.92. The Morgan fingerprint density at radius 2 is 1.73 bits per heavy atom. The zero-order valence-corrected chi connectivity index (χ0v) is 17.7. The Morgan fingerprint density at radius 3 is 2.50 bits per heavy atom. The maximum Gasteiger partial charge on any atom is 0.319 e. The van der Waals surface area contributed by atoms with E-state index in [1.54, 1.807) is 16.7 Å². The minimum absolute atomic E-state index is 0.0290. The summed E-state index contributed by atoms with van der Waals surface area (Å²) in [4.78, 5) is 29.3. The number of fused-ring (bicyclic) bond motifs is 2. The highest BCUT2D eigenvalue weighted by molar-refractivity contribution is 7.99. The predicted molar refractivity (Wildman–Crippen MR) is 121 cm³/mol. The van der Waals surface area contributed by atoms with E-state index in [0.29, 0.717) is 17.8 Å². The molecule has 4 rings (SSSR count). The molecular formula is C24H23N3O2S. The molecule has 1 aliphatic heterocycles. The molecule has 2 N–H and O–H groups in total. The van der Waals surface area contributed by atoms with Gasteiger partial charge in [0.05, 0.1) is 17.3 Å². The average molecular weight is 418 g/mol. The molecule has 1 atom stereocenters. The molecule has 1 aliphatic rings. The maximum absolute atomic E-state index is 13.1. The summed E-state index contributed by atoms with van der Waals surface area (Å²) in [6.45, 7) is 4.44. The number of rotatable bonds is 4. The minimum atomic E-state index is -0.287. The van der Waals surface area contributed by atoms with Gasteiger partial charge >= 0.3 is 6.03 Å². The topological polar surface area (TPSA) is 61.4 Å². The highest BCUT2D eigenvalue weighted by Crippen LogP contribution is 2.42. The first-order chi connectivity index (χ1) is 14.6. The van der Waals surface area contributed by atoms with Crippen molar-refractivity contribution in [2.75, 3.05) is 16.8 Å². The minimum Gasteiger partial charge on any atom is -0.331 e. The molecular weight excluding hydrogens is 394 g/mol. The monoisotopic (exact) mass is 417 g/mol. The lowest BCUT2D eigenvalue weighted by Crippen LogP contribution is -2.32. The SMILES string of the molecule is CCN1C(=O)c2ccccc2Sc2ccc(NC(=O)NC(C)c3ccccc3)cc21. The summed E-state index contributed by atoms with van der Waals surface area (Å²) in [6.07, 6.45) is 0. The van der Waals surface area contributed by atoms with Gasteiger partial charge in [-0.15, -0.1) is 0 Å². The zero-order valence-electron chi connectivity index (χ0n) is 16.9. The van der Waals surface area contributed by atoms with E-state index in [1.807, 2.05) is 86.6 Å². The van der Waals surface area contributed by atoms with Crippen molar-refractivity contribution in [2.45, 2.75) is 29.7 Å². The van der Waals surface area contributed by atoms with E-state index < -0.39 is 0 Å². The van der Waals surface area contributed by atoms with Crippen molar-refractivity contribution in [3.63, 3.8) is 0 Å². The Bertz CT molecular complexity index is 1080. The number of benzene rings is 3. The third-order valence-electron chi connectivity index (χ3n) is 5.05. The van der Waals surface area contributed by atoms with Gasteiger partial charge in [0.1, 0.15) is 0 Å². The second-order valence-corrected chi connectivity index (χ2v) is 8.14. The van der Waals surface area contributed by atoms with Crippen molar-refractivity contribution in [2.24, 2.45) is 0 Å². The van der Waals surface area contributed by atoms with Gasteiger partial charge in [0.15, 0.2) is 0 Å². The van der Waals surface area contributed by atoms with Crippen LogP contribution in [0.1, 0.15) is 35.8 Å². The van der Waals surface area contributed by atoms with Crippen molar-refractivity contribution >= 4 is 35.1 Å². The van der Waals surface area contributed by atoms with Crippen LogP contribution in [-0.2, 0) is 0 Å². The summed E-state index contributed by atoms with van der Waals surface area (Å²) in [5.74, 6) is -0.0290. The van der Waals surface area contributed by atoms with Crippen LogP contribution < -0.4 is 15.5 Å². The van der Waals surface area contributed by atoms with Gasteiger partial charge in [-0.3, -0.25) is 4.79 Å². The predicted octanol–water partition coefficient (Wildman–Crippen LogP) is 5.70. The fraction of sp³-hybridized carbons (Fsp3) is 0.167. The number of nitrogens with zero attached hydrogens (tertiary/aromatic N) is 1. The quantitative estimate of drug-likeness (QED) is 0.572. The molecule has 0 saturated heterocycles. The number of hydrogen-bond acceptors (Lipinski definition) is 3. The lowest BCUT2D eigenvalue weighted by atomic mass is 10.1. The molecule has 152 valence electrons. The molecule has 0 aromatic heterocycles. The van der Waals surface area contributed by atoms with Crippen LogP contribution in [0.4, 0.5) is 16.2 Å². The van der Waals surface area contributed by atoms with Gasteiger partial charge in [0.2, 0.25) is 0 Å². The van der Waals surface area contributed by atoms with Gasteiger partial charge in [-0.25, -0.2) is 4.79 Å². The molecule has 0 aliphatic carbocycles. The fourth-order valence-corrected chi connectivity index (χ4v) is 4.56. The van der Waals surface area contributed by atoms with Crippen LogP contribution >= 0.6 is 11.8 Å². The molecule has 0 fully saturated rings. The smallest absolute Gasteiger partial charge is 0.319 e. The summed E-state index contributed by atoms with van der Waals surface area (Å²) < 4.78 is 0. The summed E-state index contributed by atoms with van der Waals surface area (Å²) in [5, 5.41) is 5.85. The van der Waals surface area contributed by atoms with Gasteiger partial charge in [-0.2, -0.15) is 0 Å². The first-order valence-corrected chi connectivity index (χ1v) is 10.7. The second-order valence-electron chi connectivity index (χ2n) is 7.06. The largest absolute Gasteiger partial charge is 0.331 e. The zero-order chi connectivity index (χ0) is 21.1. The van der Waals surface area contributed by atoms with E-state index in [0.717, 1.165) is 21.0 Å². The van der Waals surface area contributed by atoms with Crippen molar-refractivity contribution in [1.29, 1.82) is 0 Å². The third-order valence-corrected chi connectivity index (χ3v) is 6.19. The van der Waals surface area contributed by atoms with Crippen LogP contribution in [-0.4, -0.2) is 18.5 Å². The molecule has 0 radical (unpaired) electrons. The molecule has 5 nitrogen and oxygen atoms in total. The summed E-state index contributed by atoms with van der Waals surface area (Å²) >= 11 is 1.57. The van der Waals surface area contributed by atoms with Crippen LogP contribution in [0.15, 0.2) is 82.6 Å². The van der Waals surface area contributed by atoms with Crippen molar-refractivity contribution in [3.05, 3.63) is 83.9 Å². The lowest BCUT2D eigenvalue weighted by Gasteiger charge is -2.22. The van der Waals surface area contributed by atoms with E-state index in [-0.39, 0.29) is 18.0 Å². The van der Waals surface area contributed by atoms with Gasteiger partial charge in [0, 0.05) is 22.0 Å². The molecule has 3 aromatic carbocycles. The van der Waals surface area contributed by atoms with Crippen LogP contribution in [0.5, 0.6) is 0 Å². The number of nitrogens with one attached hydrogen (secondary N) is 2. The Labute approximate surface area is 180 Å². The molecule has 1 unspecified atom stereocenters. The van der Waals surface area contributed by atoms with Crippen LogP contribution in [0.2, 0.25) is 0 Å². The number of carbonyl (C=O) groups is 2. The number of hydrogen-bond donors (Lipinski definition) is 2. The van der Waals surface area contributed by atoms with Crippen LogP contribution in [0.25, 0.3) is 0 Å². The van der Waals surface area contributed by atoms with Gasteiger partial charge in [-0.05, 0) is 49.7 Å². The molecule has 0 bridgehead atoms. The second kappa shape index (κ2) is 8.63. The number of urea groups is 1. The molecule has 1 heterocycles. The molecule has 30 heavy (non-hydrogen) atoms. The van der Waals surface area contributed by atoms with Crippen LogP contribution in [0.3, 0.4) is 0 Å². The lowest BCUT2D eigenvalue weighted by molar-refractivity contribution is 0.0985. The molecule has 0 saturated carbocycles. The maximum atomic E-state index is 13.1. The Hall–Kier alpha value is -3.25. The van der Waals surface area contributed by atoms with Crippen molar-refractivity contribution in [3.8, 4) is 0 Å². The summed E-state index contributed by atoms with van der Waals surface area (Å²) in [7, 11) is 0. The molecule has 0 spiro atoms. The standard InChI is InChI=1S/C24H23N3O2S/c1-3-27-20-15-18(26-24(29)25-16(2)17-9-5-4-6-10-17)13-14-22(20)30-21-12-8-7-11-19(21)23(27)28/h4-16H,3H2,1-2H3,(H2,25,26,29). The number of amides is 3. The van der Waals surface area contributed by atoms with Crippen molar-refractivity contribution in [1.82, 2.24) is 5.32 Å². The van der Waals surface area contributed by atoms with Crippen molar-refractivity contribution < 1.29 is 9.59 Å². The first kappa shape index (κ1) is 20.0. The van der Waals surface area contributed by atoms with E-state index in [1.165, 1.54) is 0 Å². The highest BCUT2D eigenvalue weighted by Gasteiger charge is 2.26. The van der Waals surface area contributed by atoms with E-state index in [9.17, 15) is 9.59 Å². The average Bonchev–Trinajstić information content (AvgIpc) is 2.88. The fourth-order valence-electron chi connectivity index (χ4n) is 3.50. The van der Waals surface area contributed by atoms with Gasteiger partial charge < -0.3 is 15.5 Å². The van der Waals surface area contributed by atoms with Gasteiger partial charge in [-0.1, -0.05) is 54.2 Å². The Balaban J connectivity index is 1.56. The summed E-state index contributed by atoms with van der Waals surface area (Å²) in [5.41, 5.74) is 3.18. The van der Waals surface area contributed by atoms with Crippen LogP contribution in [0, 0.1) is 0 Å².